The van der Waals surface area contributed by atoms with Crippen molar-refractivity contribution < 1.29 is 23.8 Å². The quantitative estimate of drug-likeness (QED) is 0.443. The van der Waals surface area contributed by atoms with Gasteiger partial charge in [0.1, 0.15) is 18.1 Å². The first-order valence-corrected chi connectivity index (χ1v) is 13.0. The van der Waals surface area contributed by atoms with Crippen LogP contribution in [0.2, 0.25) is 0 Å². The van der Waals surface area contributed by atoms with Crippen LogP contribution in [0.15, 0.2) is 65.1 Å². The summed E-state index contributed by atoms with van der Waals surface area (Å²) >= 11 is 0. The molecule has 1 heterocycles. The van der Waals surface area contributed by atoms with Crippen molar-refractivity contribution in [2.24, 2.45) is 10.8 Å². The number of hydrogen-bond acceptors (Lipinski definition) is 5. The number of benzene rings is 2. The number of ketones is 2. The van der Waals surface area contributed by atoms with Crippen LogP contribution in [0.3, 0.4) is 0 Å². The summed E-state index contributed by atoms with van der Waals surface area (Å²) in [5, 5.41) is 0. The van der Waals surface area contributed by atoms with E-state index in [1.54, 1.807) is 7.11 Å². The molecule has 0 radical (unpaired) electrons. The zero-order chi connectivity index (χ0) is 26.5. The van der Waals surface area contributed by atoms with Crippen LogP contribution in [0.1, 0.15) is 76.0 Å². The van der Waals surface area contributed by atoms with Crippen LogP contribution >= 0.6 is 0 Å². The summed E-state index contributed by atoms with van der Waals surface area (Å²) in [6.07, 6.45) is 2.21. The summed E-state index contributed by atoms with van der Waals surface area (Å²) in [5.41, 5.74) is 3.99. The second kappa shape index (κ2) is 9.20. The van der Waals surface area contributed by atoms with E-state index in [1.807, 2.05) is 30.3 Å². The van der Waals surface area contributed by atoms with Gasteiger partial charge in [-0.1, -0.05) is 63.6 Å². The van der Waals surface area contributed by atoms with Crippen LogP contribution in [0.25, 0.3) is 0 Å². The number of allylic oxidation sites excluding steroid dienone is 4. The lowest BCUT2D eigenvalue weighted by Crippen LogP contribution is -2.37. The molecule has 5 rings (SSSR count). The van der Waals surface area contributed by atoms with Gasteiger partial charge in [-0.25, -0.2) is 0 Å². The van der Waals surface area contributed by atoms with Gasteiger partial charge >= 0.3 is 0 Å². The van der Waals surface area contributed by atoms with E-state index in [-0.39, 0.29) is 22.4 Å². The Balaban J connectivity index is 1.56. The summed E-state index contributed by atoms with van der Waals surface area (Å²) < 4.78 is 18.2. The fraction of sp³-hybridized carbons (Fsp3) is 0.438. The number of carbonyl (C=O) groups excluding carboxylic acids is 2. The predicted octanol–water partition coefficient (Wildman–Crippen LogP) is 6.98. The van der Waals surface area contributed by atoms with E-state index < -0.39 is 5.92 Å². The SMILES string of the molecule is COc1cc(C2C3=C(CC(C)(C)CC3=O)OC3=C2C(=O)CC(C)(C)C3)ccc1OCc1cccc(C)c1. The standard InChI is InChI=1S/C32H36O5/c1-19-8-7-9-20(12-19)18-36-24-11-10-21(13-25(24)35-6)28-29-22(33)14-31(2,3)16-26(29)37-27-17-32(4,5)15-23(34)30(27)28/h7-13,28H,14-18H2,1-6H3. The van der Waals surface area contributed by atoms with Crippen molar-refractivity contribution in [3.05, 3.63) is 81.8 Å². The summed E-state index contributed by atoms with van der Waals surface area (Å²) in [5.74, 6) is 2.29. The first kappa shape index (κ1) is 25.3. The number of carbonyl (C=O) groups is 2. The third-order valence-corrected chi connectivity index (χ3v) is 7.58. The highest BCUT2D eigenvalue weighted by molar-refractivity contribution is 6.06. The van der Waals surface area contributed by atoms with Crippen LogP contribution in [0.5, 0.6) is 11.5 Å². The molecular formula is C32H36O5. The Morgan fingerprint density at radius 3 is 2.03 bits per heavy atom. The number of hydrogen-bond donors (Lipinski definition) is 0. The zero-order valence-electron chi connectivity index (χ0n) is 22.7. The normalized spacial score (nSPS) is 20.8. The molecule has 0 spiro atoms. The maximum absolute atomic E-state index is 13.5. The van der Waals surface area contributed by atoms with Crippen molar-refractivity contribution >= 4 is 11.6 Å². The minimum absolute atomic E-state index is 0.0548. The average molecular weight is 501 g/mol. The summed E-state index contributed by atoms with van der Waals surface area (Å²) in [6.45, 7) is 10.8. The van der Waals surface area contributed by atoms with Crippen molar-refractivity contribution in [2.75, 3.05) is 7.11 Å². The molecule has 0 fully saturated rings. The molecule has 5 nitrogen and oxygen atoms in total. The fourth-order valence-electron chi connectivity index (χ4n) is 5.95. The summed E-state index contributed by atoms with van der Waals surface area (Å²) in [4.78, 5) is 27.0. The molecule has 0 bridgehead atoms. The Kier molecular flexibility index (Phi) is 6.29. The Morgan fingerprint density at radius 2 is 1.46 bits per heavy atom. The molecule has 1 aliphatic heterocycles. The summed E-state index contributed by atoms with van der Waals surface area (Å²) in [6, 6.07) is 14.0. The Morgan fingerprint density at radius 1 is 0.838 bits per heavy atom. The topological polar surface area (TPSA) is 61.8 Å². The molecule has 37 heavy (non-hydrogen) atoms. The van der Waals surface area contributed by atoms with Gasteiger partial charge in [0.05, 0.1) is 7.11 Å². The third kappa shape index (κ3) is 4.96. The van der Waals surface area contributed by atoms with E-state index in [4.69, 9.17) is 14.2 Å². The fourth-order valence-corrected chi connectivity index (χ4v) is 5.95. The van der Waals surface area contributed by atoms with Crippen LogP contribution < -0.4 is 9.47 Å². The van der Waals surface area contributed by atoms with E-state index in [2.05, 4.69) is 46.8 Å². The van der Waals surface area contributed by atoms with Crippen LogP contribution in [0.4, 0.5) is 0 Å². The van der Waals surface area contributed by atoms with Crippen LogP contribution in [0, 0.1) is 17.8 Å². The number of rotatable bonds is 5. The van der Waals surface area contributed by atoms with Crippen molar-refractivity contribution in [1.82, 2.24) is 0 Å². The number of ether oxygens (including phenoxy) is 3. The highest BCUT2D eigenvalue weighted by Crippen LogP contribution is 2.53. The molecular weight excluding hydrogens is 464 g/mol. The van der Waals surface area contributed by atoms with Crippen molar-refractivity contribution in [3.63, 3.8) is 0 Å². The first-order valence-electron chi connectivity index (χ1n) is 13.0. The Labute approximate surface area is 219 Å². The molecule has 194 valence electrons. The lowest BCUT2D eigenvalue weighted by atomic mass is 9.65. The van der Waals surface area contributed by atoms with Crippen molar-refractivity contribution in [2.45, 2.75) is 72.8 Å². The molecule has 0 amide bonds. The van der Waals surface area contributed by atoms with Crippen molar-refractivity contribution in [1.29, 1.82) is 0 Å². The minimum Gasteiger partial charge on any atom is -0.493 e. The molecule has 0 saturated carbocycles. The van der Waals surface area contributed by atoms with Crippen LogP contribution in [-0.4, -0.2) is 18.7 Å². The largest absolute Gasteiger partial charge is 0.493 e. The molecule has 0 saturated heterocycles. The van der Waals surface area contributed by atoms with Gasteiger partial charge in [0.25, 0.3) is 0 Å². The van der Waals surface area contributed by atoms with Crippen molar-refractivity contribution in [3.8, 4) is 11.5 Å². The van der Waals surface area contributed by atoms with E-state index in [0.29, 0.717) is 66.5 Å². The van der Waals surface area contributed by atoms with E-state index >= 15 is 0 Å². The molecule has 0 atom stereocenters. The lowest BCUT2D eigenvalue weighted by Gasteiger charge is -2.42. The maximum Gasteiger partial charge on any atom is 0.163 e. The van der Waals surface area contributed by atoms with Gasteiger partial charge in [-0.15, -0.1) is 0 Å². The molecule has 3 aliphatic rings. The van der Waals surface area contributed by atoms with Gasteiger partial charge in [0.2, 0.25) is 0 Å². The lowest BCUT2D eigenvalue weighted by molar-refractivity contribution is -0.120. The monoisotopic (exact) mass is 500 g/mol. The zero-order valence-corrected chi connectivity index (χ0v) is 22.7. The van der Waals surface area contributed by atoms with Gasteiger partial charge < -0.3 is 14.2 Å². The van der Waals surface area contributed by atoms with Gasteiger partial charge in [-0.2, -0.15) is 0 Å². The molecule has 2 aromatic carbocycles. The second-order valence-corrected chi connectivity index (χ2v) is 12.3. The minimum atomic E-state index is -0.453. The van der Waals surface area contributed by atoms with Gasteiger partial charge in [0.15, 0.2) is 23.1 Å². The highest BCUT2D eigenvalue weighted by Gasteiger charge is 2.47. The van der Waals surface area contributed by atoms with Gasteiger partial charge in [-0.05, 0) is 41.0 Å². The molecule has 0 unspecified atom stereocenters. The maximum atomic E-state index is 13.5. The van der Waals surface area contributed by atoms with Gasteiger partial charge in [0, 0.05) is 42.7 Å². The summed E-state index contributed by atoms with van der Waals surface area (Å²) in [7, 11) is 1.61. The number of methoxy groups -OCH3 is 1. The van der Waals surface area contributed by atoms with E-state index in [1.165, 1.54) is 5.56 Å². The number of Topliss-reactive ketones (excluding diaryl/α,β-unsaturated/α-hetero) is 2. The molecule has 0 aromatic heterocycles. The molecule has 0 N–H and O–H groups in total. The Hall–Kier alpha value is -3.34. The van der Waals surface area contributed by atoms with Gasteiger partial charge in [-0.3, -0.25) is 9.59 Å². The molecule has 5 heteroatoms. The molecule has 2 aromatic rings. The van der Waals surface area contributed by atoms with E-state index in [9.17, 15) is 9.59 Å². The first-order chi connectivity index (χ1) is 17.5. The predicted molar refractivity (Wildman–Crippen MR) is 142 cm³/mol. The smallest absolute Gasteiger partial charge is 0.163 e. The third-order valence-electron chi connectivity index (χ3n) is 7.58. The molecule has 2 aliphatic carbocycles. The van der Waals surface area contributed by atoms with Crippen LogP contribution in [-0.2, 0) is 20.9 Å². The number of aryl methyl sites for hydroxylation is 1. The van der Waals surface area contributed by atoms with E-state index in [0.717, 1.165) is 11.1 Å². The second-order valence-electron chi connectivity index (χ2n) is 12.3. The Bertz CT molecular complexity index is 1290. The highest BCUT2D eigenvalue weighted by atomic mass is 16.5. The average Bonchev–Trinajstić information content (AvgIpc) is 2.79.